The first-order chi connectivity index (χ1) is 14.8. The largest absolute Gasteiger partial charge is 0.383 e. The summed E-state index contributed by atoms with van der Waals surface area (Å²) in [7, 11) is 1.65. The number of hydrogen-bond acceptors (Lipinski definition) is 5. The molecule has 7 heteroatoms. The van der Waals surface area contributed by atoms with Crippen molar-refractivity contribution in [1.29, 1.82) is 0 Å². The zero-order chi connectivity index (χ0) is 22.0. The van der Waals surface area contributed by atoms with Crippen LogP contribution in [0.5, 0.6) is 0 Å². The number of carbonyl (C=O) groups is 1. The molecule has 1 N–H and O–H groups in total. The van der Waals surface area contributed by atoms with E-state index in [2.05, 4.69) is 65.6 Å². The molecule has 31 heavy (non-hydrogen) atoms. The zero-order valence-electron chi connectivity index (χ0n) is 19.2. The van der Waals surface area contributed by atoms with Crippen LogP contribution in [0.15, 0.2) is 30.5 Å². The summed E-state index contributed by atoms with van der Waals surface area (Å²) in [6, 6.07) is 9.04. The van der Waals surface area contributed by atoms with Gasteiger partial charge in [0, 0.05) is 31.8 Å². The van der Waals surface area contributed by atoms with Crippen molar-refractivity contribution < 1.29 is 9.53 Å². The monoisotopic (exact) mass is 425 g/mol. The number of carbonyl (C=O) groups excluding carboxylic acids is 1. The van der Waals surface area contributed by atoms with E-state index in [-0.39, 0.29) is 17.2 Å². The van der Waals surface area contributed by atoms with Gasteiger partial charge in [-0.15, -0.1) is 5.10 Å². The molecule has 5 rings (SSSR count). The third-order valence-electron chi connectivity index (χ3n) is 6.80. The molecule has 7 nitrogen and oxygen atoms in total. The van der Waals surface area contributed by atoms with Crippen LogP contribution < -0.4 is 5.32 Å². The molecular formula is C24H35N5O2. The maximum absolute atomic E-state index is 12.6. The van der Waals surface area contributed by atoms with Crippen LogP contribution in [-0.2, 0) is 21.5 Å². The number of aromatic nitrogens is 3. The average molecular weight is 426 g/mol. The van der Waals surface area contributed by atoms with Gasteiger partial charge in [0.15, 0.2) is 0 Å². The van der Waals surface area contributed by atoms with Crippen LogP contribution in [-0.4, -0.2) is 65.2 Å². The second-order valence-corrected chi connectivity index (χ2v) is 9.98. The number of benzene rings is 1. The Labute approximate surface area is 185 Å². The van der Waals surface area contributed by atoms with E-state index in [1.54, 1.807) is 7.11 Å². The molecule has 0 saturated carbocycles. The summed E-state index contributed by atoms with van der Waals surface area (Å²) in [5.74, 6) is 0.715. The van der Waals surface area contributed by atoms with Gasteiger partial charge in [0.05, 0.1) is 25.3 Å². The Bertz CT molecular complexity index is 886. The van der Waals surface area contributed by atoms with Crippen LogP contribution in [0.3, 0.4) is 0 Å². The van der Waals surface area contributed by atoms with Gasteiger partial charge in [-0.2, -0.15) is 0 Å². The van der Waals surface area contributed by atoms with E-state index < -0.39 is 0 Å². The highest BCUT2D eigenvalue weighted by Crippen LogP contribution is 2.37. The minimum Gasteiger partial charge on any atom is -0.383 e. The lowest BCUT2D eigenvalue weighted by atomic mass is 9.75. The van der Waals surface area contributed by atoms with E-state index in [0.717, 1.165) is 43.7 Å². The summed E-state index contributed by atoms with van der Waals surface area (Å²) in [6.07, 6.45) is 4.18. The highest BCUT2D eigenvalue weighted by atomic mass is 16.5. The Morgan fingerprint density at radius 3 is 2.68 bits per heavy atom. The first kappa shape index (κ1) is 22.0. The standard InChI is InChI=1S/C24H35N5O2/c1-24(2,3)19-7-5-17(6-8-19)22-16-29(27-26-22)14-20-13-18-9-11-28(20)15-21(18)23(30)25-10-12-31-4/h5-8,16,18,20-21H,9-15H2,1-4H3,(H,25,30)/t18?,20-,21+/m1/s1. The van der Waals surface area contributed by atoms with Crippen LogP contribution in [0, 0.1) is 11.8 Å². The molecule has 168 valence electrons. The Morgan fingerprint density at radius 1 is 1.26 bits per heavy atom. The van der Waals surface area contributed by atoms with Gasteiger partial charge < -0.3 is 10.1 Å². The second-order valence-electron chi connectivity index (χ2n) is 9.98. The van der Waals surface area contributed by atoms with Gasteiger partial charge in [-0.3, -0.25) is 14.4 Å². The van der Waals surface area contributed by atoms with Crippen LogP contribution in [0.2, 0.25) is 0 Å². The minimum absolute atomic E-state index is 0.0921. The maximum atomic E-state index is 12.6. The molecule has 3 saturated heterocycles. The van der Waals surface area contributed by atoms with Gasteiger partial charge in [-0.05, 0) is 36.3 Å². The lowest BCUT2D eigenvalue weighted by Crippen LogP contribution is -2.58. The van der Waals surface area contributed by atoms with Gasteiger partial charge in [0.1, 0.15) is 5.69 Å². The Hall–Kier alpha value is -2.25. The van der Waals surface area contributed by atoms with Gasteiger partial charge in [-0.1, -0.05) is 50.3 Å². The molecule has 0 spiro atoms. The van der Waals surface area contributed by atoms with Crippen molar-refractivity contribution in [3.8, 4) is 11.3 Å². The Balaban J connectivity index is 1.36. The van der Waals surface area contributed by atoms with E-state index in [4.69, 9.17) is 4.74 Å². The summed E-state index contributed by atoms with van der Waals surface area (Å²) < 4.78 is 7.00. The third kappa shape index (κ3) is 4.99. The predicted octanol–water partition coefficient (Wildman–Crippen LogP) is 2.72. The Kier molecular flexibility index (Phi) is 6.44. The molecule has 4 atom stereocenters. The summed E-state index contributed by atoms with van der Waals surface area (Å²) >= 11 is 0. The van der Waals surface area contributed by atoms with E-state index in [0.29, 0.717) is 25.1 Å². The van der Waals surface area contributed by atoms with Gasteiger partial charge in [0.2, 0.25) is 5.91 Å². The third-order valence-corrected chi connectivity index (χ3v) is 6.80. The van der Waals surface area contributed by atoms with Gasteiger partial charge in [0.25, 0.3) is 0 Å². The number of methoxy groups -OCH3 is 1. The van der Waals surface area contributed by atoms with E-state index >= 15 is 0 Å². The lowest BCUT2D eigenvalue weighted by Gasteiger charge is -2.49. The number of rotatable bonds is 7. The van der Waals surface area contributed by atoms with Crippen LogP contribution in [0.1, 0.15) is 39.2 Å². The highest BCUT2D eigenvalue weighted by molar-refractivity contribution is 5.79. The molecule has 1 amide bonds. The van der Waals surface area contributed by atoms with Crippen molar-refractivity contribution in [2.75, 3.05) is 33.4 Å². The minimum atomic E-state index is 0.0921. The van der Waals surface area contributed by atoms with Gasteiger partial charge >= 0.3 is 0 Å². The Morgan fingerprint density at radius 2 is 2.03 bits per heavy atom. The average Bonchev–Trinajstić information content (AvgIpc) is 3.22. The fourth-order valence-electron chi connectivity index (χ4n) is 4.91. The smallest absolute Gasteiger partial charge is 0.224 e. The van der Waals surface area contributed by atoms with E-state index in [9.17, 15) is 4.79 Å². The van der Waals surface area contributed by atoms with Crippen LogP contribution in [0.25, 0.3) is 11.3 Å². The molecule has 3 aliphatic rings. The highest BCUT2D eigenvalue weighted by Gasteiger charge is 2.43. The van der Waals surface area contributed by atoms with E-state index in [1.807, 2.05) is 10.9 Å². The molecular weight excluding hydrogens is 390 g/mol. The summed E-state index contributed by atoms with van der Waals surface area (Å²) in [5.41, 5.74) is 3.46. The van der Waals surface area contributed by atoms with Crippen molar-refractivity contribution in [2.45, 2.75) is 51.6 Å². The number of piperidine rings is 3. The van der Waals surface area contributed by atoms with Crippen molar-refractivity contribution in [3.63, 3.8) is 0 Å². The topological polar surface area (TPSA) is 72.3 Å². The summed E-state index contributed by atoms with van der Waals surface area (Å²) in [5, 5.41) is 11.8. The molecule has 0 aliphatic carbocycles. The molecule has 3 aliphatic heterocycles. The van der Waals surface area contributed by atoms with Crippen LogP contribution in [0.4, 0.5) is 0 Å². The second kappa shape index (κ2) is 9.09. The lowest BCUT2D eigenvalue weighted by molar-refractivity contribution is -0.133. The first-order valence-corrected chi connectivity index (χ1v) is 11.4. The maximum Gasteiger partial charge on any atom is 0.224 e. The molecule has 1 aromatic carbocycles. The molecule has 4 heterocycles. The molecule has 2 aromatic rings. The van der Waals surface area contributed by atoms with Crippen molar-refractivity contribution in [3.05, 3.63) is 36.0 Å². The number of hydrogen-bond donors (Lipinski definition) is 1. The summed E-state index contributed by atoms with van der Waals surface area (Å²) in [6.45, 7) is 10.5. The van der Waals surface area contributed by atoms with Crippen molar-refractivity contribution in [2.24, 2.45) is 11.8 Å². The van der Waals surface area contributed by atoms with Gasteiger partial charge in [-0.25, -0.2) is 0 Å². The first-order valence-electron chi connectivity index (χ1n) is 11.4. The zero-order valence-corrected chi connectivity index (χ0v) is 19.2. The molecule has 0 radical (unpaired) electrons. The predicted molar refractivity (Wildman–Crippen MR) is 121 cm³/mol. The molecule has 3 fully saturated rings. The molecule has 2 bridgehead atoms. The summed E-state index contributed by atoms with van der Waals surface area (Å²) in [4.78, 5) is 15.0. The number of fused-ring (bicyclic) bond motifs is 3. The number of nitrogens with one attached hydrogen (secondary N) is 1. The number of ether oxygens (including phenoxy) is 1. The van der Waals surface area contributed by atoms with Crippen molar-refractivity contribution in [1.82, 2.24) is 25.2 Å². The van der Waals surface area contributed by atoms with Crippen LogP contribution >= 0.6 is 0 Å². The fourth-order valence-corrected chi connectivity index (χ4v) is 4.91. The number of nitrogens with zero attached hydrogens (tertiary/aromatic N) is 4. The molecule has 2 unspecified atom stereocenters. The fraction of sp³-hybridized carbons (Fsp3) is 0.625. The normalized spacial score (nSPS) is 25.5. The SMILES string of the molecule is COCCNC(=O)[C@H]1CN2CCC1C[C@@H]2Cn1cc(-c2ccc(C(C)(C)C)cc2)nn1. The quantitative estimate of drug-likeness (QED) is 0.691. The van der Waals surface area contributed by atoms with E-state index in [1.165, 1.54) is 5.56 Å². The molecule has 1 aromatic heterocycles. The number of amides is 1. The van der Waals surface area contributed by atoms with Crippen molar-refractivity contribution >= 4 is 5.91 Å².